The summed E-state index contributed by atoms with van der Waals surface area (Å²) in [7, 11) is 2.11. The lowest BCUT2D eigenvalue weighted by Gasteiger charge is -2.17. The van der Waals surface area contributed by atoms with Crippen molar-refractivity contribution in [3.8, 4) is 0 Å². The number of nitrogens with two attached hydrogens (primary N) is 1. The highest BCUT2D eigenvalue weighted by Gasteiger charge is 2.25. The number of anilines is 2. The molecule has 0 atom stereocenters. The van der Waals surface area contributed by atoms with Crippen molar-refractivity contribution >= 4 is 17.5 Å². The van der Waals surface area contributed by atoms with Crippen molar-refractivity contribution in [3.05, 3.63) is 17.8 Å². The fourth-order valence-corrected chi connectivity index (χ4v) is 2.03. The molecule has 0 bridgehead atoms. The van der Waals surface area contributed by atoms with Crippen LogP contribution < -0.4 is 11.1 Å². The van der Waals surface area contributed by atoms with Crippen LogP contribution in [-0.4, -0.2) is 48.6 Å². The van der Waals surface area contributed by atoms with E-state index in [9.17, 15) is 4.79 Å². The molecule has 3 N–H and O–H groups in total. The monoisotopic (exact) mass is 278 g/mol. The number of pyridine rings is 1. The lowest BCUT2D eigenvalue weighted by molar-refractivity contribution is 0.0527. The Balaban J connectivity index is 1.96. The van der Waals surface area contributed by atoms with Crippen LogP contribution in [0.3, 0.4) is 0 Å². The number of carbonyl (C=O) groups excluding carboxylic acids is 1. The van der Waals surface area contributed by atoms with Crippen molar-refractivity contribution in [2.24, 2.45) is 0 Å². The summed E-state index contributed by atoms with van der Waals surface area (Å²) >= 11 is 0. The normalized spacial score (nSPS) is 14.3. The number of ether oxygens (including phenoxy) is 1. The molecule has 6 heteroatoms. The molecule has 0 amide bonds. The van der Waals surface area contributed by atoms with Crippen molar-refractivity contribution in [1.29, 1.82) is 0 Å². The first kappa shape index (κ1) is 14.6. The molecule has 6 nitrogen and oxygen atoms in total. The predicted octanol–water partition coefficient (Wildman–Crippen LogP) is 1.35. The first-order chi connectivity index (χ1) is 9.61. The molecule has 1 aromatic heterocycles. The van der Waals surface area contributed by atoms with E-state index in [1.807, 2.05) is 0 Å². The van der Waals surface area contributed by atoms with Crippen LogP contribution in [0, 0.1) is 0 Å². The number of nitrogens with one attached hydrogen (secondary N) is 1. The summed E-state index contributed by atoms with van der Waals surface area (Å²) in [6, 6.07) is 2.32. The van der Waals surface area contributed by atoms with E-state index >= 15 is 0 Å². The van der Waals surface area contributed by atoms with Crippen molar-refractivity contribution < 1.29 is 9.53 Å². The summed E-state index contributed by atoms with van der Waals surface area (Å²) < 4.78 is 5.01. The maximum Gasteiger partial charge on any atom is 0.341 e. The zero-order valence-corrected chi connectivity index (χ0v) is 12.1. The number of aromatic nitrogens is 1. The second kappa shape index (κ2) is 6.56. The topological polar surface area (TPSA) is 80.5 Å². The highest BCUT2D eigenvalue weighted by Crippen LogP contribution is 2.24. The van der Waals surface area contributed by atoms with Crippen LogP contribution >= 0.6 is 0 Å². The van der Waals surface area contributed by atoms with Crippen LogP contribution in [0.4, 0.5) is 11.5 Å². The van der Waals surface area contributed by atoms with E-state index in [0.717, 1.165) is 19.1 Å². The van der Waals surface area contributed by atoms with Gasteiger partial charge in [-0.05, 0) is 32.9 Å². The summed E-state index contributed by atoms with van der Waals surface area (Å²) in [5.74, 6) is 0.132. The third-order valence-electron chi connectivity index (χ3n) is 3.33. The Morgan fingerprint density at radius 3 is 3.00 bits per heavy atom. The lowest BCUT2D eigenvalue weighted by atomic mass is 10.2. The van der Waals surface area contributed by atoms with E-state index in [1.54, 1.807) is 13.0 Å². The fraction of sp³-hybridized carbons (Fsp3) is 0.571. The molecule has 0 saturated heterocycles. The van der Waals surface area contributed by atoms with Gasteiger partial charge in [0.1, 0.15) is 11.4 Å². The molecule has 110 valence electrons. The number of hydrogen-bond donors (Lipinski definition) is 2. The van der Waals surface area contributed by atoms with E-state index < -0.39 is 5.97 Å². The van der Waals surface area contributed by atoms with Gasteiger partial charge in [-0.2, -0.15) is 0 Å². The first-order valence-corrected chi connectivity index (χ1v) is 6.98. The summed E-state index contributed by atoms with van der Waals surface area (Å²) in [6.45, 7) is 3.75. The Morgan fingerprint density at radius 2 is 2.35 bits per heavy atom. The SMILES string of the molecule is CCOC(=O)c1cc(N)cnc1NCCN(C)C1CC1. The molecule has 1 aromatic rings. The highest BCUT2D eigenvalue weighted by atomic mass is 16.5. The minimum atomic E-state index is -0.398. The first-order valence-electron chi connectivity index (χ1n) is 6.98. The van der Waals surface area contributed by atoms with Crippen molar-refractivity contribution in [3.63, 3.8) is 0 Å². The molecule has 20 heavy (non-hydrogen) atoms. The molecular weight excluding hydrogens is 256 g/mol. The molecule has 0 unspecified atom stereocenters. The zero-order chi connectivity index (χ0) is 14.5. The van der Waals surface area contributed by atoms with Gasteiger partial charge >= 0.3 is 5.97 Å². The van der Waals surface area contributed by atoms with Gasteiger partial charge in [-0.1, -0.05) is 0 Å². The summed E-state index contributed by atoms with van der Waals surface area (Å²) in [4.78, 5) is 18.4. The van der Waals surface area contributed by atoms with Gasteiger partial charge in [-0.3, -0.25) is 0 Å². The molecule has 0 aromatic carbocycles. The Labute approximate surface area is 119 Å². The Bertz CT molecular complexity index is 474. The average molecular weight is 278 g/mol. The number of nitrogens with zero attached hydrogens (tertiary/aromatic N) is 2. The minimum absolute atomic E-state index is 0.331. The van der Waals surface area contributed by atoms with Gasteiger partial charge in [0.05, 0.1) is 18.5 Å². The number of esters is 1. The Morgan fingerprint density at radius 1 is 1.60 bits per heavy atom. The summed E-state index contributed by atoms with van der Waals surface area (Å²) in [5.41, 5.74) is 6.52. The fourth-order valence-electron chi connectivity index (χ4n) is 2.03. The molecule has 0 radical (unpaired) electrons. The van der Waals surface area contributed by atoms with Gasteiger partial charge in [-0.15, -0.1) is 0 Å². The molecule has 1 aliphatic rings. The molecule has 0 aliphatic heterocycles. The number of rotatable bonds is 7. The van der Waals surface area contributed by atoms with Gasteiger partial charge in [0, 0.05) is 19.1 Å². The Kier molecular flexibility index (Phi) is 4.79. The molecule has 2 rings (SSSR count). The number of carbonyl (C=O) groups is 1. The van der Waals surface area contributed by atoms with Crippen LogP contribution in [0.5, 0.6) is 0 Å². The maximum atomic E-state index is 11.9. The molecule has 0 spiro atoms. The van der Waals surface area contributed by atoms with Crippen LogP contribution in [0.1, 0.15) is 30.1 Å². The second-order valence-corrected chi connectivity index (χ2v) is 5.02. The third-order valence-corrected chi connectivity index (χ3v) is 3.33. The van der Waals surface area contributed by atoms with Crippen LogP contribution in [0.25, 0.3) is 0 Å². The van der Waals surface area contributed by atoms with Crippen molar-refractivity contribution in [2.45, 2.75) is 25.8 Å². The number of nitrogen functional groups attached to an aromatic ring is 1. The number of likely N-dealkylation sites (N-methyl/N-ethyl adjacent to an activating group) is 1. The molecular formula is C14H22N4O2. The number of hydrogen-bond acceptors (Lipinski definition) is 6. The van der Waals surface area contributed by atoms with Gasteiger partial charge in [0.15, 0.2) is 0 Å². The average Bonchev–Trinajstić information content (AvgIpc) is 3.25. The largest absolute Gasteiger partial charge is 0.462 e. The molecule has 1 aliphatic carbocycles. The summed E-state index contributed by atoms with van der Waals surface area (Å²) in [6.07, 6.45) is 4.10. The van der Waals surface area contributed by atoms with E-state index in [2.05, 4.69) is 22.2 Å². The van der Waals surface area contributed by atoms with Crippen LogP contribution in [-0.2, 0) is 4.74 Å². The van der Waals surface area contributed by atoms with E-state index in [1.165, 1.54) is 19.0 Å². The van der Waals surface area contributed by atoms with Gasteiger partial charge in [-0.25, -0.2) is 9.78 Å². The van der Waals surface area contributed by atoms with Crippen LogP contribution in [0.2, 0.25) is 0 Å². The maximum absolute atomic E-state index is 11.9. The van der Waals surface area contributed by atoms with Crippen LogP contribution in [0.15, 0.2) is 12.3 Å². The van der Waals surface area contributed by atoms with E-state index in [-0.39, 0.29) is 0 Å². The van der Waals surface area contributed by atoms with Crippen molar-refractivity contribution in [1.82, 2.24) is 9.88 Å². The smallest absolute Gasteiger partial charge is 0.341 e. The zero-order valence-electron chi connectivity index (χ0n) is 12.1. The van der Waals surface area contributed by atoms with Gasteiger partial charge in [0.25, 0.3) is 0 Å². The lowest BCUT2D eigenvalue weighted by Crippen LogP contribution is -2.27. The van der Waals surface area contributed by atoms with Gasteiger partial charge < -0.3 is 20.7 Å². The Hall–Kier alpha value is -1.82. The van der Waals surface area contributed by atoms with Crippen molar-refractivity contribution in [2.75, 3.05) is 37.8 Å². The van der Waals surface area contributed by atoms with Gasteiger partial charge in [0.2, 0.25) is 0 Å². The minimum Gasteiger partial charge on any atom is -0.462 e. The quantitative estimate of drug-likeness (QED) is 0.733. The third kappa shape index (κ3) is 3.84. The predicted molar refractivity (Wildman–Crippen MR) is 78.7 cm³/mol. The molecule has 1 fully saturated rings. The highest BCUT2D eigenvalue weighted by molar-refractivity contribution is 5.95. The summed E-state index contributed by atoms with van der Waals surface area (Å²) in [5, 5.41) is 3.18. The molecule has 1 saturated carbocycles. The van der Waals surface area contributed by atoms with E-state index in [0.29, 0.717) is 23.7 Å². The second-order valence-electron chi connectivity index (χ2n) is 5.02. The standard InChI is InChI=1S/C14H22N4O2/c1-3-20-14(19)12-8-10(15)9-17-13(12)16-6-7-18(2)11-4-5-11/h8-9,11H,3-7,15H2,1-2H3,(H,16,17). The molecule has 1 heterocycles. The van der Waals surface area contributed by atoms with E-state index in [4.69, 9.17) is 10.5 Å².